The van der Waals surface area contributed by atoms with E-state index in [4.69, 9.17) is 17.3 Å². The lowest BCUT2D eigenvalue weighted by Crippen LogP contribution is -2.37. The molecule has 1 atom stereocenters. The number of nitrogens with zero attached hydrogens (tertiary/aromatic N) is 1. The zero-order valence-corrected chi connectivity index (χ0v) is 14.3. The minimum atomic E-state index is -0.140. The molecule has 1 heterocycles. The first-order valence-corrected chi connectivity index (χ1v) is 8.65. The fraction of sp³-hybridized carbons (Fsp3) is 0.316. The van der Waals surface area contributed by atoms with Crippen LogP contribution in [-0.4, -0.2) is 30.4 Å². The van der Waals surface area contributed by atoms with Crippen molar-refractivity contribution in [1.82, 2.24) is 10.2 Å². The molecular formula is C19H22ClN3O. The van der Waals surface area contributed by atoms with Crippen LogP contribution < -0.4 is 11.1 Å². The van der Waals surface area contributed by atoms with E-state index in [1.54, 1.807) is 12.1 Å². The Morgan fingerprint density at radius 1 is 1.17 bits per heavy atom. The Kier molecular flexibility index (Phi) is 5.38. The number of anilines is 1. The van der Waals surface area contributed by atoms with Crippen molar-refractivity contribution in [2.24, 2.45) is 0 Å². The number of carbonyl (C=O) groups is 1. The van der Waals surface area contributed by atoms with Crippen molar-refractivity contribution in [3.8, 4) is 0 Å². The molecule has 0 aliphatic carbocycles. The van der Waals surface area contributed by atoms with Crippen molar-refractivity contribution in [2.75, 3.05) is 25.4 Å². The smallest absolute Gasteiger partial charge is 0.253 e. The van der Waals surface area contributed by atoms with Crippen LogP contribution in [0.2, 0.25) is 5.02 Å². The fourth-order valence-electron chi connectivity index (χ4n) is 3.21. The van der Waals surface area contributed by atoms with Crippen LogP contribution in [0.25, 0.3) is 0 Å². The average Bonchev–Trinajstić information content (AvgIpc) is 3.10. The summed E-state index contributed by atoms with van der Waals surface area (Å²) in [7, 11) is 0. The zero-order chi connectivity index (χ0) is 16.9. The topological polar surface area (TPSA) is 58.4 Å². The fourth-order valence-corrected chi connectivity index (χ4v) is 3.41. The average molecular weight is 344 g/mol. The van der Waals surface area contributed by atoms with Crippen molar-refractivity contribution in [2.45, 2.75) is 18.9 Å². The lowest BCUT2D eigenvalue weighted by molar-refractivity contribution is 0.0939. The highest BCUT2D eigenvalue weighted by atomic mass is 35.5. The molecule has 3 N–H and O–H groups in total. The summed E-state index contributed by atoms with van der Waals surface area (Å²) in [6.07, 6.45) is 2.38. The van der Waals surface area contributed by atoms with E-state index in [0.29, 0.717) is 17.8 Å². The van der Waals surface area contributed by atoms with Gasteiger partial charge >= 0.3 is 0 Å². The molecule has 1 unspecified atom stereocenters. The normalized spacial score (nSPS) is 16.0. The number of likely N-dealkylation sites (tertiary alicyclic amines) is 1. The molecule has 0 spiro atoms. The second kappa shape index (κ2) is 7.69. The maximum atomic E-state index is 12.4. The highest BCUT2D eigenvalue weighted by molar-refractivity contribution is 6.30. The van der Waals surface area contributed by atoms with Crippen LogP contribution >= 0.6 is 11.6 Å². The number of hydrogen-bond donors (Lipinski definition) is 2. The predicted octanol–water partition coefficient (Wildman–Crippen LogP) is 3.49. The van der Waals surface area contributed by atoms with Crippen LogP contribution in [0.15, 0.2) is 48.5 Å². The summed E-state index contributed by atoms with van der Waals surface area (Å²) in [6.45, 7) is 2.62. The molecular weight excluding hydrogens is 322 g/mol. The van der Waals surface area contributed by atoms with Gasteiger partial charge in [-0.3, -0.25) is 9.69 Å². The maximum Gasteiger partial charge on any atom is 0.253 e. The number of benzene rings is 2. The van der Waals surface area contributed by atoms with Crippen molar-refractivity contribution < 1.29 is 4.79 Å². The third kappa shape index (κ3) is 3.89. The molecule has 0 saturated carbocycles. The molecule has 0 radical (unpaired) electrons. The van der Waals surface area contributed by atoms with Crippen molar-refractivity contribution in [1.29, 1.82) is 0 Å². The van der Waals surface area contributed by atoms with Crippen molar-refractivity contribution in [3.05, 3.63) is 64.7 Å². The van der Waals surface area contributed by atoms with Crippen molar-refractivity contribution >= 4 is 23.2 Å². The minimum Gasteiger partial charge on any atom is -0.398 e. The van der Waals surface area contributed by atoms with E-state index in [1.807, 2.05) is 30.3 Å². The van der Waals surface area contributed by atoms with E-state index in [0.717, 1.165) is 23.7 Å². The number of rotatable bonds is 5. The summed E-state index contributed by atoms with van der Waals surface area (Å²) >= 11 is 6.15. The highest BCUT2D eigenvalue weighted by Gasteiger charge is 2.24. The van der Waals surface area contributed by atoms with Crippen LogP contribution in [0, 0.1) is 0 Å². The minimum absolute atomic E-state index is 0.125. The number of para-hydroxylation sites is 1. The molecule has 1 fully saturated rings. The summed E-state index contributed by atoms with van der Waals surface area (Å²) in [6, 6.07) is 15.1. The first kappa shape index (κ1) is 16.8. The molecule has 3 rings (SSSR count). The number of nitrogens with one attached hydrogen (secondary N) is 1. The summed E-state index contributed by atoms with van der Waals surface area (Å²) in [4.78, 5) is 14.9. The Hall–Kier alpha value is -2.04. The lowest BCUT2D eigenvalue weighted by atomic mass is 10.1. The Balaban J connectivity index is 1.75. The second-order valence-electron chi connectivity index (χ2n) is 6.11. The van der Waals surface area contributed by atoms with Gasteiger partial charge in [0.15, 0.2) is 0 Å². The van der Waals surface area contributed by atoms with Crippen molar-refractivity contribution in [3.63, 3.8) is 0 Å². The number of halogens is 1. The monoisotopic (exact) mass is 343 g/mol. The van der Waals surface area contributed by atoms with E-state index < -0.39 is 0 Å². The van der Waals surface area contributed by atoms with Crippen LogP contribution in [0.5, 0.6) is 0 Å². The summed E-state index contributed by atoms with van der Waals surface area (Å²) in [5.74, 6) is -0.140. The first-order chi connectivity index (χ1) is 11.6. The van der Waals surface area contributed by atoms with Crippen LogP contribution in [-0.2, 0) is 0 Å². The Bertz CT molecular complexity index is 713. The number of amides is 1. The summed E-state index contributed by atoms with van der Waals surface area (Å²) in [5.41, 5.74) is 8.04. The number of nitrogen functional groups attached to an aromatic ring is 1. The third-order valence-corrected chi connectivity index (χ3v) is 4.71. The van der Waals surface area contributed by atoms with Gasteiger partial charge in [0.05, 0.1) is 11.6 Å². The first-order valence-electron chi connectivity index (χ1n) is 8.27. The van der Waals surface area contributed by atoms with Gasteiger partial charge in [-0.25, -0.2) is 0 Å². The second-order valence-corrected chi connectivity index (χ2v) is 6.55. The molecule has 0 bridgehead atoms. The molecule has 1 aliphatic heterocycles. The molecule has 5 heteroatoms. The van der Waals surface area contributed by atoms with E-state index >= 15 is 0 Å². The van der Waals surface area contributed by atoms with Gasteiger partial charge in [0.1, 0.15) is 0 Å². The molecule has 1 aliphatic rings. The van der Waals surface area contributed by atoms with Gasteiger partial charge < -0.3 is 11.1 Å². The van der Waals surface area contributed by atoms with Crippen LogP contribution in [0.1, 0.15) is 34.8 Å². The molecule has 126 valence electrons. The molecule has 24 heavy (non-hydrogen) atoms. The van der Waals surface area contributed by atoms with Gasteiger partial charge in [-0.15, -0.1) is 0 Å². The van der Waals surface area contributed by atoms with E-state index in [2.05, 4.69) is 16.3 Å². The van der Waals surface area contributed by atoms with E-state index in [9.17, 15) is 4.79 Å². The lowest BCUT2D eigenvalue weighted by Gasteiger charge is -2.28. The van der Waals surface area contributed by atoms with Gasteiger partial charge in [-0.1, -0.05) is 35.9 Å². The molecule has 4 nitrogen and oxygen atoms in total. The highest BCUT2D eigenvalue weighted by Crippen LogP contribution is 2.26. The van der Waals surface area contributed by atoms with E-state index in [1.165, 1.54) is 12.8 Å². The Morgan fingerprint density at radius 2 is 1.92 bits per heavy atom. The zero-order valence-electron chi connectivity index (χ0n) is 13.5. The molecule has 1 saturated heterocycles. The molecule has 0 aromatic heterocycles. The Labute approximate surface area is 147 Å². The standard InChI is InChI=1S/C19H22ClN3O/c20-15-7-5-6-14(12-15)18(23-10-3-4-11-23)13-22-19(24)16-8-1-2-9-17(16)21/h1-2,5-9,12,18H,3-4,10-11,13,21H2,(H,22,24). The van der Waals surface area contributed by atoms with Gasteiger partial charge in [0.25, 0.3) is 5.91 Å². The molecule has 1 amide bonds. The summed E-state index contributed by atoms with van der Waals surface area (Å²) < 4.78 is 0. The number of hydrogen-bond acceptors (Lipinski definition) is 3. The van der Waals surface area contributed by atoms with Gasteiger partial charge in [0.2, 0.25) is 0 Å². The third-order valence-electron chi connectivity index (χ3n) is 4.48. The van der Waals surface area contributed by atoms with Gasteiger partial charge in [-0.2, -0.15) is 0 Å². The van der Waals surface area contributed by atoms with Crippen LogP contribution in [0.3, 0.4) is 0 Å². The maximum absolute atomic E-state index is 12.4. The van der Waals surface area contributed by atoms with E-state index in [-0.39, 0.29) is 11.9 Å². The van der Waals surface area contributed by atoms with Crippen LogP contribution in [0.4, 0.5) is 5.69 Å². The predicted molar refractivity (Wildman–Crippen MR) is 98.2 cm³/mol. The Morgan fingerprint density at radius 3 is 2.62 bits per heavy atom. The summed E-state index contributed by atoms with van der Waals surface area (Å²) in [5, 5.41) is 3.75. The quantitative estimate of drug-likeness (QED) is 0.817. The van der Waals surface area contributed by atoms with Gasteiger partial charge in [0, 0.05) is 17.3 Å². The number of nitrogens with two attached hydrogens (primary N) is 1. The SMILES string of the molecule is Nc1ccccc1C(=O)NCC(c1cccc(Cl)c1)N1CCCC1. The molecule has 2 aromatic rings. The molecule has 2 aromatic carbocycles. The van der Waals surface area contributed by atoms with Gasteiger partial charge in [-0.05, 0) is 55.8 Å². The number of carbonyl (C=O) groups excluding carboxylic acids is 1. The largest absolute Gasteiger partial charge is 0.398 e.